The number of fused-ring (bicyclic) bond motifs is 4. The maximum absolute atomic E-state index is 16.0. The van der Waals surface area contributed by atoms with E-state index in [0.29, 0.717) is 59.9 Å². The molecule has 0 radical (unpaired) electrons. The monoisotopic (exact) mass is 692 g/mol. The molecule has 6 heterocycles. The summed E-state index contributed by atoms with van der Waals surface area (Å²) in [5, 5.41) is 20.2. The Labute approximate surface area is 261 Å². The summed E-state index contributed by atoms with van der Waals surface area (Å²) in [4.78, 5) is 34.2. The van der Waals surface area contributed by atoms with Crippen LogP contribution in [0, 0.1) is 23.1 Å². The van der Waals surface area contributed by atoms with Crippen LogP contribution in [0.1, 0.15) is 49.0 Å². The molecular weight excluding hydrogens is 665 g/mol. The molecular formula is C29H28BrF3N6O4S. The van der Waals surface area contributed by atoms with E-state index in [-0.39, 0.29) is 45.9 Å². The Kier molecular flexibility index (Phi) is 6.89. The minimum Gasteiger partial charge on any atom is -0.465 e. The second-order valence-corrected chi connectivity index (χ2v) is 14.2. The Morgan fingerprint density at radius 3 is 2.64 bits per heavy atom. The SMILES string of the molecule is CS(=O)c1nc2c(F)c(Br)c(CCC#N)cc2c2c1cc([C@H]1CCCN1C(=O)N1CC(F)(F)C1)n2[C@H]1[C@@H]2C[C@H]1N(C(=O)O)C2. The summed E-state index contributed by atoms with van der Waals surface area (Å²) in [7, 11) is -1.65. The van der Waals surface area contributed by atoms with Gasteiger partial charge in [-0.3, -0.25) is 4.21 Å². The summed E-state index contributed by atoms with van der Waals surface area (Å²) >= 11 is 3.32. The number of carboxylic acid groups (broad SMARTS) is 1. The van der Waals surface area contributed by atoms with E-state index in [4.69, 9.17) is 0 Å². The number of urea groups is 1. The molecule has 15 heteroatoms. The van der Waals surface area contributed by atoms with E-state index in [1.807, 2.05) is 10.6 Å². The van der Waals surface area contributed by atoms with Gasteiger partial charge in [-0.25, -0.2) is 27.7 Å². The highest BCUT2D eigenvalue weighted by atomic mass is 79.9. The van der Waals surface area contributed by atoms with Crippen LogP contribution in [0.3, 0.4) is 0 Å². The number of carbonyl (C=O) groups is 2. The summed E-state index contributed by atoms with van der Waals surface area (Å²) in [6.07, 6.45) is 2.66. The lowest BCUT2D eigenvalue weighted by molar-refractivity contribution is -0.114. The van der Waals surface area contributed by atoms with E-state index in [2.05, 4.69) is 27.0 Å². The molecule has 3 amide bonds. The van der Waals surface area contributed by atoms with Crippen LogP contribution in [0.4, 0.5) is 22.8 Å². The fourth-order valence-electron chi connectivity index (χ4n) is 7.60. The fraction of sp³-hybridized carbons (Fsp3) is 0.517. The predicted molar refractivity (Wildman–Crippen MR) is 157 cm³/mol. The van der Waals surface area contributed by atoms with Crippen LogP contribution in [-0.2, 0) is 17.2 Å². The molecule has 10 nitrogen and oxygen atoms in total. The summed E-state index contributed by atoms with van der Waals surface area (Å²) in [5.74, 6) is -3.61. The first-order chi connectivity index (χ1) is 20.9. The molecule has 0 spiro atoms. The number of nitrogens with zero attached hydrogens (tertiary/aromatic N) is 6. The van der Waals surface area contributed by atoms with Crippen LogP contribution in [-0.4, -0.2) is 90.1 Å². The van der Waals surface area contributed by atoms with Crippen LogP contribution in [0.2, 0.25) is 0 Å². The molecule has 1 unspecified atom stereocenters. The topological polar surface area (TPSA) is 123 Å². The Hall–Kier alpha value is -3.38. The number of benzene rings is 1. The van der Waals surface area contributed by atoms with Crippen molar-refractivity contribution in [2.24, 2.45) is 5.92 Å². The van der Waals surface area contributed by atoms with Gasteiger partial charge in [0.2, 0.25) is 0 Å². The van der Waals surface area contributed by atoms with E-state index in [9.17, 15) is 32.9 Å². The number of carbonyl (C=O) groups excluding carboxylic acids is 1. The quantitative estimate of drug-likeness (QED) is 0.381. The lowest BCUT2D eigenvalue weighted by Gasteiger charge is -2.43. The lowest BCUT2D eigenvalue weighted by atomic mass is 9.79. The van der Waals surface area contributed by atoms with E-state index < -0.39 is 53.8 Å². The molecule has 8 rings (SSSR count). The summed E-state index contributed by atoms with van der Waals surface area (Å²) in [5.41, 5.74) is 1.75. The number of amides is 3. The van der Waals surface area contributed by atoms with Crippen molar-refractivity contribution in [2.45, 2.75) is 61.2 Å². The lowest BCUT2D eigenvalue weighted by Crippen LogP contribution is -2.61. The molecule has 1 N–H and O–H groups in total. The maximum atomic E-state index is 16.0. The third kappa shape index (κ3) is 4.31. The largest absolute Gasteiger partial charge is 0.465 e. The van der Waals surface area contributed by atoms with Gasteiger partial charge in [-0.2, -0.15) is 5.26 Å². The summed E-state index contributed by atoms with van der Waals surface area (Å²) in [6.45, 7) is -0.614. The second kappa shape index (κ2) is 10.3. The maximum Gasteiger partial charge on any atom is 0.407 e. The Morgan fingerprint density at radius 1 is 1.25 bits per heavy atom. The average molecular weight is 694 g/mol. The van der Waals surface area contributed by atoms with Gasteiger partial charge in [0.1, 0.15) is 10.5 Å². The van der Waals surface area contributed by atoms with Crippen LogP contribution < -0.4 is 0 Å². The van der Waals surface area contributed by atoms with Crippen LogP contribution in [0.25, 0.3) is 21.8 Å². The van der Waals surface area contributed by atoms with Gasteiger partial charge >= 0.3 is 12.1 Å². The molecule has 5 aliphatic rings. The van der Waals surface area contributed by atoms with Gasteiger partial charge in [0, 0.05) is 48.2 Å². The molecule has 5 atom stereocenters. The van der Waals surface area contributed by atoms with Crippen LogP contribution >= 0.6 is 15.9 Å². The first kappa shape index (κ1) is 29.3. The van der Waals surface area contributed by atoms with Crippen molar-refractivity contribution in [1.29, 1.82) is 5.26 Å². The number of hydrogen-bond donors (Lipinski definition) is 1. The van der Waals surface area contributed by atoms with Crippen LogP contribution in [0.15, 0.2) is 21.6 Å². The molecule has 4 saturated heterocycles. The van der Waals surface area contributed by atoms with Gasteiger partial charge in [-0.15, -0.1) is 0 Å². The number of alkyl halides is 2. The normalized spacial score (nSPS) is 26.1. The van der Waals surface area contributed by atoms with Gasteiger partial charge in [0.05, 0.1) is 58.1 Å². The molecule has 1 aliphatic carbocycles. The number of halogens is 4. The van der Waals surface area contributed by atoms with Crippen molar-refractivity contribution in [1.82, 2.24) is 24.3 Å². The molecule has 3 aromatic rings. The molecule has 44 heavy (non-hydrogen) atoms. The van der Waals surface area contributed by atoms with E-state index in [1.54, 1.807) is 11.0 Å². The third-order valence-electron chi connectivity index (χ3n) is 9.55. The zero-order chi connectivity index (χ0) is 31.2. The minimum absolute atomic E-state index is 0.00916. The van der Waals surface area contributed by atoms with Crippen molar-refractivity contribution in [3.05, 3.63) is 33.7 Å². The number of hydrogen-bond acceptors (Lipinski definition) is 5. The average Bonchev–Trinajstić information content (AvgIpc) is 3.74. The smallest absolute Gasteiger partial charge is 0.407 e. The van der Waals surface area contributed by atoms with Gasteiger partial charge in [0.15, 0.2) is 5.82 Å². The number of aromatic nitrogens is 2. The Balaban J connectivity index is 1.48. The summed E-state index contributed by atoms with van der Waals surface area (Å²) in [6, 6.07) is 3.97. The molecule has 1 saturated carbocycles. The van der Waals surface area contributed by atoms with E-state index in [0.717, 1.165) is 4.90 Å². The van der Waals surface area contributed by atoms with E-state index >= 15 is 4.39 Å². The number of rotatable bonds is 5. The number of likely N-dealkylation sites (tertiary alicyclic amines) is 2. The standard InChI is InChI=1S/C29H28BrF3N6O4S/c1-44(43)26-17-10-19(18-5-3-7-37(18)27(40)36-12-29(32,33)13-36)39(24-15-9-20(24)38(11-15)28(41)42)25(17)16-8-14(4-2-6-34)21(30)22(31)23(16)35-26/h8,10,15,18,20,24H,2-5,7,9,11-13H2,1H3,(H,41,42)/t15-,18-,20-,24+,44?/m1/s1. The van der Waals surface area contributed by atoms with Crippen molar-refractivity contribution in [2.75, 3.05) is 32.4 Å². The number of aryl methyl sites for hydroxylation is 1. The number of pyridine rings is 1. The third-order valence-corrected chi connectivity index (χ3v) is 11.3. The fourth-order valence-corrected chi connectivity index (χ4v) is 8.78. The Morgan fingerprint density at radius 2 is 2.00 bits per heavy atom. The first-order valence-electron chi connectivity index (χ1n) is 14.4. The Bertz CT molecular complexity index is 1820. The first-order valence-corrected chi connectivity index (χ1v) is 16.8. The van der Waals surface area contributed by atoms with Crippen molar-refractivity contribution >= 4 is 60.7 Å². The van der Waals surface area contributed by atoms with Gasteiger partial charge in [0.25, 0.3) is 5.92 Å². The summed E-state index contributed by atoms with van der Waals surface area (Å²) < 4.78 is 58.6. The van der Waals surface area contributed by atoms with E-state index in [1.165, 1.54) is 11.2 Å². The van der Waals surface area contributed by atoms with Gasteiger partial charge < -0.3 is 24.4 Å². The van der Waals surface area contributed by atoms with Gasteiger partial charge in [-0.1, -0.05) is 0 Å². The zero-order valence-electron chi connectivity index (χ0n) is 23.6. The molecule has 1 aromatic carbocycles. The van der Waals surface area contributed by atoms with Crippen molar-refractivity contribution in [3.63, 3.8) is 0 Å². The number of nitriles is 1. The highest BCUT2D eigenvalue weighted by Gasteiger charge is 2.56. The molecule has 2 aromatic heterocycles. The zero-order valence-corrected chi connectivity index (χ0v) is 26.0. The highest BCUT2D eigenvalue weighted by Crippen LogP contribution is 2.54. The van der Waals surface area contributed by atoms with Crippen molar-refractivity contribution < 1.29 is 32.1 Å². The molecule has 4 aliphatic heterocycles. The predicted octanol–water partition coefficient (Wildman–Crippen LogP) is 5.42. The van der Waals surface area contributed by atoms with Gasteiger partial charge in [-0.05, 0) is 59.3 Å². The van der Waals surface area contributed by atoms with Crippen LogP contribution in [0.5, 0.6) is 0 Å². The highest BCUT2D eigenvalue weighted by molar-refractivity contribution is 9.10. The van der Waals surface area contributed by atoms with Crippen molar-refractivity contribution in [3.8, 4) is 6.07 Å². The molecule has 232 valence electrons. The second-order valence-electron chi connectivity index (χ2n) is 12.1. The minimum atomic E-state index is -2.92. The molecule has 5 fully saturated rings. The molecule has 2 bridgehead atoms.